The standard InChI is InChI=1S/C13H9N3O2S/c17-13(18)9-3-1-2-4-10(9)19-12-6-5-11-14-7-8-16(11)15-12/h1-8H,(H,17,18). The lowest BCUT2D eigenvalue weighted by atomic mass is 10.2. The number of carboxylic acid groups (broad SMARTS) is 1. The zero-order chi connectivity index (χ0) is 13.2. The Morgan fingerprint density at radius 3 is 2.89 bits per heavy atom. The Balaban J connectivity index is 1.98. The molecule has 6 heteroatoms. The molecular formula is C13H9N3O2S. The van der Waals surface area contributed by atoms with Crippen LogP contribution in [0.3, 0.4) is 0 Å². The van der Waals surface area contributed by atoms with Gasteiger partial charge in [0.1, 0.15) is 5.03 Å². The lowest BCUT2D eigenvalue weighted by Gasteiger charge is -2.04. The molecule has 0 aliphatic carbocycles. The molecule has 0 radical (unpaired) electrons. The molecule has 5 nitrogen and oxygen atoms in total. The Labute approximate surface area is 112 Å². The number of rotatable bonds is 3. The summed E-state index contributed by atoms with van der Waals surface area (Å²) in [5, 5.41) is 14.2. The summed E-state index contributed by atoms with van der Waals surface area (Å²) in [6, 6.07) is 10.5. The van der Waals surface area contributed by atoms with E-state index in [1.165, 1.54) is 11.8 Å². The zero-order valence-corrected chi connectivity index (χ0v) is 10.5. The molecule has 0 fully saturated rings. The fourth-order valence-corrected chi connectivity index (χ4v) is 2.60. The van der Waals surface area contributed by atoms with E-state index in [-0.39, 0.29) is 5.56 Å². The van der Waals surface area contributed by atoms with Gasteiger partial charge in [0, 0.05) is 17.3 Å². The van der Waals surface area contributed by atoms with Gasteiger partial charge in [0.15, 0.2) is 5.65 Å². The number of hydrogen-bond acceptors (Lipinski definition) is 4. The van der Waals surface area contributed by atoms with Crippen LogP contribution in [0.4, 0.5) is 0 Å². The summed E-state index contributed by atoms with van der Waals surface area (Å²) in [7, 11) is 0. The van der Waals surface area contributed by atoms with E-state index in [0.717, 1.165) is 10.7 Å². The Hall–Kier alpha value is -2.34. The average molecular weight is 271 g/mol. The monoisotopic (exact) mass is 271 g/mol. The molecule has 1 aromatic carbocycles. The third kappa shape index (κ3) is 2.30. The highest BCUT2D eigenvalue weighted by molar-refractivity contribution is 7.99. The first-order valence-electron chi connectivity index (χ1n) is 5.54. The molecule has 0 atom stereocenters. The summed E-state index contributed by atoms with van der Waals surface area (Å²) in [6.07, 6.45) is 3.42. The molecule has 3 aromatic rings. The molecule has 0 amide bonds. The van der Waals surface area contributed by atoms with Crippen LogP contribution in [0.5, 0.6) is 0 Å². The number of fused-ring (bicyclic) bond motifs is 1. The Morgan fingerprint density at radius 2 is 2.05 bits per heavy atom. The quantitative estimate of drug-likeness (QED) is 0.793. The van der Waals surface area contributed by atoms with Gasteiger partial charge in [0.2, 0.25) is 0 Å². The van der Waals surface area contributed by atoms with Crippen LogP contribution in [-0.4, -0.2) is 25.7 Å². The van der Waals surface area contributed by atoms with E-state index < -0.39 is 5.97 Å². The maximum Gasteiger partial charge on any atom is 0.336 e. The van der Waals surface area contributed by atoms with Crippen molar-refractivity contribution >= 4 is 23.4 Å². The highest BCUT2D eigenvalue weighted by Gasteiger charge is 2.11. The van der Waals surface area contributed by atoms with Gasteiger partial charge in [-0.2, -0.15) is 5.10 Å². The first kappa shape index (κ1) is 11.7. The van der Waals surface area contributed by atoms with Gasteiger partial charge in [-0.25, -0.2) is 14.3 Å². The SMILES string of the molecule is O=C(O)c1ccccc1Sc1ccc2nccn2n1. The van der Waals surface area contributed by atoms with Crippen molar-refractivity contribution in [2.75, 3.05) is 0 Å². The number of aromatic nitrogens is 3. The lowest BCUT2D eigenvalue weighted by molar-refractivity contribution is 0.0693. The minimum atomic E-state index is -0.938. The number of carbonyl (C=O) groups is 1. The van der Waals surface area contributed by atoms with E-state index in [1.54, 1.807) is 35.1 Å². The molecule has 0 aliphatic rings. The molecule has 1 N–H and O–H groups in total. The molecule has 19 heavy (non-hydrogen) atoms. The van der Waals surface area contributed by atoms with E-state index >= 15 is 0 Å². The second kappa shape index (κ2) is 4.74. The Kier molecular flexibility index (Phi) is 2.92. The highest BCUT2D eigenvalue weighted by Crippen LogP contribution is 2.28. The van der Waals surface area contributed by atoms with Crippen LogP contribution < -0.4 is 0 Å². The van der Waals surface area contributed by atoms with Crippen molar-refractivity contribution in [3.8, 4) is 0 Å². The van der Waals surface area contributed by atoms with Gasteiger partial charge in [-0.3, -0.25) is 0 Å². The second-order valence-electron chi connectivity index (χ2n) is 3.80. The summed E-state index contributed by atoms with van der Waals surface area (Å²) in [5.74, 6) is -0.938. The van der Waals surface area contributed by atoms with Crippen molar-refractivity contribution in [2.24, 2.45) is 0 Å². The second-order valence-corrected chi connectivity index (χ2v) is 4.87. The third-order valence-electron chi connectivity index (χ3n) is 2.56. The topological polar surface area (TPSA) is 67.5 Å². The predicted octanol–water partition coefficient (Wildman–Crippen LogP) is 2.58. The molecule has 0 unspecified atom stereocenters. The van der Waals surface area contributed by atoms with Crippen LogP contribution in [0.1, 0.15) is 10.4 Å². The first-order chi connectivity index (χ1) is 9.24. The van der Waals surface area contributed by atoms with Crippen LogP contribution in [0.25, 0.3) is 5.65 Å². The van der Waals surface area contributed by atoms with E-state index in [4.69, 9.17) is 5.11 Å². The van der Waals surface area contributed by atoms with E-state index in [9.17, 15) is 4.79 Å². The van der Waals surface area contributed by atoms with Crippen LogP contribution >= 0.6 is 11.8 Å². The fourth-order valence-electron chi connectivity index (χ4n) is 1.70. The first-order valence-corrected chi connectivity index (χ1v) is 6.36. The van der Waals surface area contributed by atoms with Crippen molar-refractivity contribution in [3.63, 3.8) is 0 Å². The number of hydrogen-bond donors (Lipinski definition) is 1. The van der Waals surface area contributed by atoms with E-state index in [0.29, 0.717) is 4.90 Å². The summed E-state index contributed by atoms with van der Waals surface area (Å²) >= 11 is 1.32. The van der Waals surface area contributed by atoms with Crippen molar-refractivity contribution < 1.29 is 9.90 Å². The molecule has 0 bridgehead atoms. The minimum absolute atomic E-state index is 0.278. The van der Waals surface area contributed by atoms with Crippen LogP contribution in [0, 0.1) is 0 Å². The van der Waals surface area contributed by atoms with Crippen LogP contribution in [0.15, 0.2) is 58.7 Å². The van der Waals surface area contributed by atoms with E-state index in [1.807, 2.05) is 18.2 Å². The van der Waals surface area contributed by atoms with E-state index in [2.05, 4.69) is 10.1 Å². The summed E-state index contributed by atoms with van der Waals surface area (Å²) in [6.45, 7) is 0. The van der Waals surface area contributed by atoms with Crippen molar-refractivity contribution in [1.29, 1.82) is 0 Å². The van der Waals surface area contributed by atoms with Gasteiger partial charge in [-0.1, -0.05) is 23.9 Å². The van der Waals surface area contributed by atoms with Crippen molar-refractivity contribution in [2.45, 2.75) is 9.92 Å². The Morgan fingerprint density at radius 1 is 1.21 bits per heavy atom. The summed E-state index contributed by atoms with van der Waals surface area (Å²) in [4.78, 5) is 15.9. The summed E-state index contributed by atoms with van der Waals surface area (Å²) < 4.78 is 1.66. The number of benzene rings is 1. The molecule has 3 rings (SSSR count). The van der Waals surface area contributed by atoms with Gasteiger partial charge in [0.25, 0.3) is 0 Å². The fraction of sp³-hybridized carbons (Fsp3) is 0. The molecule has 94 valence electrons. The van der Waals surface area contributed by atoms with Gasteiger partial charge in [0.05, 0.1) is 5.56 Å². The number of carboxylic acids is 1. The largest absolute Gasteiger partial charge is 0.478 e. The number of imidazole rings is 1. The molecule has 2 aromatic heterocycles. The van der Waals surface area contributed by atoms with Gasteiger partial charge < -0.3 is 5.11 Å². The van der Waals surface area contributed by atoms with Crippen molar-refractivity contribution in [3.05, 3.63) is 54.4 Å². The van der Waals surface area contributed by atoms with Gasteiger partial charge >= 0.3 is 5.97 Å². The molecule has 0 spiro atoms. The molecule has 0 saturated heterocycles. The maximum atomic E-state index is 11.1. The van der Waals surface area contributed by atoms with Crippen LogP contribution in [-0.2, 0) is 0 Å². The summed E-state index contributed by atoms with van der Waals surface area (Å²) in [5.41, 5.74) is 1.04. The molecule has 0 aliphatic heterocycles. The maximum absolute atomic E-state index is 11.1. The smallest absolute Gasteiger partial charge is 0.336 e. The normalized spacial score (nSPS) is 10.7. The predicted molar refractivity (Wildman–Crippen MR) is 70.5 cm³/mol. The van der Waals surface area contributed by atoms with Crippen LogP contribution in [0.2, 0.25) is 0 Å². The number of aromatic carboxylic acids is 1. The zero-order valence-electron chi connectivity index (χ0n) is 9.72. The van der Waals surface area contributed by atoms with Gasteiger partial charge in [-0.05, 0) is 24.3 Å². The average Bonchev–Trinajstić information content (AvgIpc) is 2.86. The molecular weight excluding hydrogens is 262 g/mol. The third-order valence-corrected chi connectivity index (χ3v) is 3.57. The minimum Gasteiger partial charge on any atom is -0.478 e. The number of nitrogens with zero attached hydrogens (tertiary/aromatic N) is 3. The lowest BCUT2D eigenvalue weighted by Crippen LogP contribution is -1.99. The molecule has 0 saturated carbocycles. The van der Waals surface area contributed by atoms with Gasteiger partial charge in [-0.15, -0.1) is 0 Å². The van der Waals surface area contributed by atoms with Crippen molar-refractivity contribution in [1.82, 2.24) is 14.6 Å². The Bertz CT molecular complexity index is 754. The molecule has 2 heterocycles. The highest BCUT2D eigenvalue weighted by atomic mass is 32.2.